The highest BCUT2D eigenvalue weighted by Gasteiger charge is 2.14. The summed E-state index contributed by atoms with van der Waals surface area (Å²) in [4.78, 5) is 6.01. The van der Waals surface area contributed by atoms with Crippen molar-refractivity contribution in [2.45, 2.75) is 53.0 Å². The van der Waals surface area contributed by atoms with Gasteiger partial charge < -0.3 is 5.73 Å². The van der Waals surface area contributed by atoms with E-state index in [0.717, 1.165) is 12.8 Å². The van der Waals surface area contributed by atoms with Gasteiger partial charge in [0.05, 0.1) is 10.7 Å². The third-order valence-corrected chi connectivity index (χ3v) is 3.97. The Morgan fingerprint density at radius 2 is 2.00 bits per heavy atom. The lowest BCUT2D eigenvalue weighted by atomic mass is 10.1. The molecule has 1 unspecified atom stereocenters. The van der Waals surface area contributed by atoms with Gasteiger partial charge in [0, 0.05) is 17.3 Å². The van der Waals surface area contributed by atoms with Gasteiger partial charge in [-0.3, -0.25) is 0 Å². The molecule has 1 rings (SSSR count). The largest absolute Gasteiger partial charge is 0.326 e. The van der Waals surface area contributed by atoms with Gasteiger partial charge >= 0.3 is 0 Å². The second kappa shape index (κ2) is 5.61. The molecule has 0 aliphatic rings. The second-order valence-corrected chi connectivity index (χ2v) is 5.65. The van der Waals surface area contributed by atoms with E-state index in [1.807, 2.05) is 0 Å². The molecule has 86 valence electrons. The first-order chi connectivity index (χ1) is 7.08. The Balaban J connectivity index is 2.89. The predicted molar refractivity (Wildman–Crippen MR) is 67.3 cm³/mol. The first-order valence-corrected chi connectivity index (χ1v) is 6.58. The van der Waals surface area contributed by atoms with Crippen molar-refractivity contribution < 1.29 is 0 Å². The lowest BCUT2D eigenvalue weighted by molar-refractivity contribution is 0.628. The minimum atomic E-state index is 0.571. The highest BCUT2D eigenvalue weighted by molar-refractivity contribution is 7.11. The van der Waals surface area contributed by atoms with Crippen molar-refractivity contribution >= 4 is 11.3 Å². The first-order valence-electron chi connectivity index (χ1n) is 5.77. The topological polar surface area (TPSA) is 38.9 Å². The minimum absolute atomic E-state index is 0.571. The van der Waals surface area contributed by atoms with E-state index in [0.29, 0.717) is 18.4 Å². The number of thiazole rings is 1. The average Bonchev–Trinajstić information content (AvgIpc) is 2.59. The highest BCUT2D eigenvalue weighted by atomic mass is 32.1. The normalized spacial score (nSPS) is 13.5. The van der Waals surface area contributed by atoms with Crippen molar-refractivity contribution in [1.82, 2.24) is 4.98 Å². The maximum atomic E-state index is 5.75. The monoisotopic (exact) mass is 226 g/mol. The Bertz CT molecular complexity index is 305. The molecular formula is C12H22N2S. The molecule has 2 N–H and O–H groups in total. The van der Waals surface area contributed by atoms with Crippen molar-refractivity contribution in [3.05, 3.63) is 15.6 Å². The van der Waals surface area contributed by atoms with E-state index < -0.39 is 0 Å². The summed E-state index contributed by atoms with van der Waals surface area (Å²) in [7, 11) is 0. The smallest absolute Gasteiger partial charge is 0.0959 e. The summed E-state index contributed by atoms with van der Waals surface area (Å²) in [5, 5.41) is 1.26. The van der Waals surface area contributed by atoms with E-state index in [1.165, 1.54) is 15.6 Å². The molecule has 1 atom stereocenters. The zero-order chi connectivity index (χ0) is 11.4. The standard InChI is InChI=1S/C12H22N2S/c1-5-9(4)12-14-10(6-8(2)3)11(7-13)15-12/h8-9H,5-7,13H2,1-4H3. The Morgan fingerprint density at radius 3 is 2.47 bits per heavy atom. The lowest BCUT2D eigenvalue weighted by Crippen LogP contribution is -2.02. The fraction of sp³-hybridized carbons (Fsp3) is 0.750. The number of aromatic nitrogens is 1. The van der Waals surface area contributed by atoms with Crippen LogP contribution < -0.4 is 5.73 Å². The maximum absolute atomic E-state index is 5.75. The average molecular weight is 226 g/mol. The van der Waals surface area contributed by atoms with Crippen LogP contribution in [0.5, 0.6) is 0 Å². The van der Waals surface area contributed by atoms with Gasteiger partial charge in [-0.05, 0) is 18.8 Å². The van der Waals surface area contributed by atoms with Crippen LogP contribution in [0.2, 0.25) is 0 Å². The Hall–Kier alpha value is -0.410. The molecule has 0 saturated heterocycles. The molecular weight excluding hydrogens is 204 g/mol. The summed E-state index contributed by atoms with van der Waals surface area (Å²) in [6.45, 7) is 9.52. The van der Waals surface area contributed by atoms with Gasteiger partial charge in [-0.2, -0.15) is 0 Å². The molecule has 15 heavy (non-hydrogen) atoms. The van der Waals surface area contributed by atoms with E-state index in [9.17, 15) is 0 Å². The summed E-state index contributed by atoms with van der Waals surface area (Å²) in [6, 6.07) is 0. The number of nitrogens with zero attached hydrogens (tertiary/aromatic N) is 1. The Morgan fingerprint density at radius 1 is 1.33 bits per heavy atom. The molecule has 0 bridgehead atoms. The summed E-state index contributed by atoms with van der Waals surface area (Å²) in [5.74, 6) is 1.23. The Labute approximate surface area is 96.9 Å². The molecule has 0 fully saturated rings. The number of hydrogen-bond donors (Lipinski definition) is 1. The van der Waals surface area contributed by atoms with Crippen LogP contribution in [0, 0.1) is 5.92 Å². The van der Waals surface area contributed by atoms with Gasteiger partial charge in [0.2, 0.25) is 0 Å². The SMILES string of the molecule is CCC(C)c1nc(CC(C)C)c(CN)s1. The lowest BCUT2D eigenvalue weighted by Gasteiger charge is -2.03. The molecule has 2 nitrogen and oxygen atoms in total. The van der Waals surface area contributed by atoms with Gasteiger partial charge in [0.1, 0.15) is 0 Å². The van der Waals surface area contributed by atoms with Crippen molar-refractivity contribution in [3.8, 4) is 0 Å². The van der Waals surface area contributed by atoms with Crippen LogP contribution in [0.15, 0.2) is 0 Å². The second-order valence-electron chi connectivity index (χ2n) is 4.53. The maximum Gasteiger partial charge on any atom is 0.0959 e. The number of hydrogen-bond acceptors (Lipinski definition) is 3. The molecule has 0 aliphatic heterocycles. The van der Waals surface area contributed by atoms with E-state index >= 15 is 0 Å². The van der Waals surface area contributed by atoms with Gasteiger partial charge in [-0.1, -0.05) is 27.7 Å². The zero-order valence-corrected chi connectivity index (χ0v) is 11.0. The van der Waals surface area contributed by atoms with Gasteiger partial charge in [0.15, 0.2) is 0 Å². The van der Waals surface area contributed by atoms with Gasteiger partial charge in [-0.15, -0.1) is 11.3 Å². The van der Waals surface area contributed by atoms with E-state index in [1.54, 1.807) is 11.3 Å². The fourth-order valence-corrected chi connectivity index (χ4v) is 2.60. The van der Waals surface area contributed by atoms with E-state index in [2.05, 4.69) is 27.7 Å². The summed E-state index contributed by atoms with van der Waals surface area (Å²) in [5.41, 5.74) is 6.98. The highest BCUT2D eigenvalue weighted by Crippen LogP contribution is 2.28. The predicted octanol–water partition coefficient (Wildman–Crippen LogP) is 3.31. The number of rotatable bonds is 5. The van der Waals surface area contributed by atoms with Crippen LogP contribution in [0.1, 0.15) is 55.6 Å². The van der Waals surface area contributed by atoms with Crippen LogP contribution in [0.3, 0.4) is 0 Å². The molecule has 0 saturated carbocycles. The molecule has 3 heteroatoms. The van der Waals surface area contributed by atoms with Gasteiger partial charge in [0.25, 0.3) is 0 Å². The van der Waals surface area contributed by atoms with Crippen molar-refractivity contribution in [2.24, 2.45) is 11.7 Å². The van der Waals surface area contributed by atoms with Crippen LogP contribution >= 0.6 is 11.3 Å². The molecule has 0 aliphatic carbocycles. The van der Waals surface area contributed by atoms with E-state index in [-0.39, 0.29) is 0 Å². The molecule has 1 aromatic rings. The van der Waals surface area contributed by atoms with Crippen LogP contribution in [-0.2, 0) is 13.0 Å². The molecule has 0 spiro atoms. The quantitative estimate of drug-likeness (QED) is 0.836. The van der Waals surface area contributed by atoms with Crippen molar-refractivity contribution in [2.75, 3.05) is 0 Å². The molecule has 1 heterocycles. The molecule has 0 aromatic carbocycles. The summed E-state index contributed by atoms with van der Waals surface area (Å²) >= 11 is 1.80. The molecule has 1 aromatic heterocycles. The van der Waals surface area contributed by atoms with Crippen LogP contribution in [0.4, 0.5) is 0 Å². The molecule has 0 radical (unpaired) electrons. The molecule has 0 amide bonds. The van der Waals surface area contributed by atoms with Crippen LogP contribution in [-0.4, -0.2) is 4.98 Å². The third-order valence-electron chi connectivity index (χ3n) is 2.62. The summed E-state index contributed by atoms with van der Waals surface area (Å²) < 4.78 is 0. The van der Waals surface area contributed by atoms with Crippen molar-refractivity contribution in [3.63, 3.8) is 0 Å². The van der Waals surface area contributed by atoms with E-state index in [4.69, 9.17) is 10.7 Å². The third kappa shape index (κ3) is 3.28. The first kappa shape index (κ1) is 12.7. The van der Waals surface area contributed by atoms with Gasteiger partial charge in [-0.25, -0.2) is 4.98 Å². The Kier molecular flexibility index (Phi) is 4.74. The zero-order valence-electron chi connectivity index (χ0n) is 10.2. The van der Waals surface area contributed by atoms with Crippen molar-refractivity contribution in [1.29, 1.82) is 0 Å². The fourth-order valence-electron chi connectivity index (χ4n) is 1.49. The summed E-state index contributed by atoms with van der Waals surface area (Å²) in [6.07, 6.45) is 2.21. The van der Waals surface area contributed by atoms with Crippen LogP contribution in [0.25, 0.3) is 0 Å². The number of nitrogens with two attached hydrogens (primary N) is 1. The minimum Gasteiger partial charge on any atom is -0.326 e.